The van der Waals surface area contributed by atoms with E-state index in [1.54, 1.807) is 24.3 Å². The maximum atomic E-state index is 12.1. The van der Waals surface area contributed by atoms with Gasteiger partial charge in [-0.25, -0.2) is 22.5 Å². The van der Waals surface area contributed by atoms with Gasteiger partial charge in [0.25, 0.3) is 5.91 Å². The minimum Gasteiger partial charge on any atom is -0.465 e. The van der Waals surface area contributed by atoms with E-state index in [4.69, 9.17) is 0 Å². The highest BCUT2D eigenvalue weighted by Gasteiger charge is 2.12. The fraction of sp³-hybridized carbons (Fsp3) is 0.389. The maximum Gasteiger partial charge on any atom is 0.352 e. The second-order valence-corrected chi connectivity index (χ2v) is 7.88. The van der Waals surface area contributed by atoms with Gasteiger partial charge in [-0.05, 0) is 31.5 Å². The Morgan fingerprint density at radius 1 is 1.27 bits per heavy atom. The van der Waals surface area contributed by atoms with Crippen molar-refractivity contribution >= 4 is 27.6 Å². The Bertz CT molecular complexity index is 861. The quantitative estimate of drug-likeness (QED) is 0.324. The summed E-state index contributed by atoms with van der Waals surface area (Å²) in [6, 6.07) is 6.54. The molecule has 0 fully saturated rings. The predicted octanol–water partition coefficient (Wildman–Crippen LogP) is 1.48. The average molecular weight is 378 g/mol. The standard InChI is InChI=1S/C18H22N2O5S/c1-14(18(22)25-4)19-17(21)16-11-8-10-15(13-16)9-6-5-7-12-26(23,24)20(2)3/h8,10-11,13H,5,7,12H2,1-4H3/b19-14+. The number of amides is 1. The largest absolute Gasteiger partial charge is 0.465 e. The number of ether oxygens (including phenoxy) is 1. The topological polar surface area (TPSA) is 93.1 Å². The van der Waals surface area contributed by atoms with Crippen molar-refractivity contribution in [1.29, 1.82) is 0 Å². The van der Waals surface area contributed by atoms with Crippen LogP contribution < -0.4 is 0 Å². The molecule has 0 radical (unpaired) electrons. The van der Waals surface area contributed by atoms with Gasteiger partial charge in [0.15, 0.2) is 0 Å². The Hall–Kier alpha value is -2.50. The van der Waals surface area contributed by atoms with E-state index in [9.17, 15) is 18.0 Å². The summed E-state index contributed by atoms with van der Waals surface area (Å²) in [4.78, 5) is 27.0. The zero-order valence-electron chi connectivity index (χ0n) is 15.3. The number of methoxy groups -OCH3 is 1. The van der Waals surface area contributed by atoms with Gasteiger partial charge >= 0.3 is 5.97 Å². The fourth-order valence-electron chi connectivity index (χ4n) is 1.83. The lowest BCUT2D eigenvalue weighted by Gasteiger charge is -2.09. The summed E-state index contributed by atoms with van der Waals surface area (Å²) in [7, 11) is 0.988. The Morgan fingerprint density at radius 3 is 2.58 bits per heavy atom. The molecule has 1 rings (SSSR count). The number of carbonyl (C=O) groups excluding carboxylic acids is 2. The van der Waals surface area contributed by atoms with E-state index in [0.717, 1.165) is 0 Å². The Labute approximate surface area is 154 Å². The molecule has 1 aromatic rings. The molecular weight excluding hydrogens is 356 g/mol. The molecule has 0 saturated heterocycles. The Morgan fingerprint density at radius 2 is 1.96 bits per heavy atom. The monoisotopic (exact) mass is 378 g/mol. The first-order valence-electron chi connectivity index (χ1n) is 7.84. The molecule has 1 amide bonds. The number of carbonyl (C=O) groups is 2. The Kier molecular flexibility index (Phi) is 8.16. The normalized spacial score (nSPS) is 11.7. The third-order valence-electron chi connectivity index (χ3n) is 3.35. The van der Waals surface area contributed by atoms with Crippen LogP contribution in [0.15, 0.2) is 29.3 Å². The van der Waals surface area contributed by atoms with Gasteiger partial charge in [-0.15, -0.1) is 0 Å². The van der Waals surface area contributed by atoms with Crippen molar-refractivity contribution in [3.05, 3.63) is 35.4 Å². The highest BCUT2D eigenvalue weighted by atomic mass is 32.2. The first-order valence-corrected chi connectivity index (χ1v) is 9.45. The number of nitrogens with zero attached hydrogens (tertiary/aromatic N) is 2. The van der Waals surface area contributed by atoms with Gasteiger partial charge < -0.3 is 4.74 Å². The van der Waals surface area contributed by atoms with E-state index in [2.05, 4.69) is 21.6 Å². The van der Waals surface area contributed by atoms with E-state index in [1.807, 2.05) is 0 Å². The van der Waals surface area contributed by atoms with Crippen LogP contribution in [0.3, 0.4) is 0 Å². The number of hydrogen-bond acceptors (Lipinski definition) is 5. The van der Waals surface area contributed by atoms with Gasteiger partial charge in [-0.3, -0.25) is 4.79 Å². The number of unbranched alkanes of at least 4 members (excludes halogenated alkanes) is 1. The summed E-state index contributed by atoms with van der Waals surface area (Å²) in [5.41, 5.74) is 0.878. The Balaban J connectivity index is 2.74. The first kappa shape index (κ1) is 21.5. The molecule has 1 aromatic carbocycles. The van der Waals surface area contributed by atoms with E-state index in [1.165, 1.54) is 32.4 Å². The zero-order valence-corrected chi connectivity index (χ0v) is 16.1. The number of benzene rings is 1. The lowest BCUT2D eigenvalue weighted by molar-refractivity contribution is -0.132. The van der Waals surface area contributed by atoms with Crippen molar-refractivity contribution in [1.82, 2.24) is 4.31 Å². The fourth-order valence-corrected chi connectivity index (χ4v) is 2.70. The van der Waals surface area contributed by atoms with Crippen LogP contribution in [0.2, 0.25) is 0 Å². The molecule has 0 aliphatic heterocycles. The second-order valence-electron chi connectivity index (χ2n) is 5.58. The van der Waals surface area contributed by atoms with Crippen molar-refractivity contribution < 1.29 is 22.7 Å². The summed E-state index contributed by atoms with van der Waals surface area (Å²) >= 11 is 0. The smallest absolute Gasteiger partial charge is 0.352 e. The third-order valence-corrected chi connectivity index (χ3v) is 5.27. The number of hydrogen-bond donors (Lipinski definition) is 0. The number of rotatable bonds is 6. The van der Waals surface area contributed by atoms with Crippen LogP contribution in [0.25, 0.3) is 0 Å². The van der Waals surface area contributed by atoms with E-state index in [0.29, 0.717) is 24.0 Å². The van der Waals surface area contributed by atoms with Crippen LogP contribution in [0, 0.1) is 11.8 Å². The molecule has 0 bridgehead atoms. The molecule has 0 heterocycles. The van der Waals surface area contributed by atoms with Gasteiger partial charge in [0.1, 0.15) is 5.71 Å². The molecule has 26 heavy (non-hydrogen) atoms. The number of sulfonamides is 1. The van der Waals surface area contributed by atoms with E-state index in [-0.39, 0.29) is 11.5 Å². The lowest BCUT2D eigenvalue weighted by Crippen LogP contribution is -2.24. The number of aliphatic imine (C=N–C) groups is 1. The van der Waals surface area contributed by atoms with Crippen LogP contribution in [0.4, 0.5) is 0 Å². The van der Waals surface area contributed by atoms with Crippen LogP contribution >= 0.6 is 0 Å². The molecule has 8 heteroatoms. The van der Waals surface area contributed by atoms with Gasteiger partial charge in [0.2, 0.25) is 10.0 Å². The van der Waals surface area contributed by atoms with Crippen molar-refractivity contribution in [2.24, 2.45) is 4.99 Å². The van der Waals surface area contributed by atoms with Gasteiger partial charge in [-0.1, -0.05) is 17.9 Å². The van der Waals surface area contributed by atoms with Crippen molar-refractivity contribution in [2.45, 2.75) is 19.8 Å². The molecule has 0 unspecified atom stereocenters. The summed E-state index contributed by atoms with van der Waals surface area (Å²) < 4.78 is 29.0. The molecule has 140 valence electrons. The summed E-state index contributed by atoms with van der Waals surface area (Å²) in [6.45, 7) is 1.40. The van der Waals surface area contributed by atoms with Crippen LogP contribution in [-0.2, 0) is 19.6 Å². The highest BCUT2D eigenvalue weighted by Crippen LogP contribution is 2.07. The summed E-state index contributed by atoms with van der Waals surface area (Å²) in [6.07, 6.45) is 0.847. The van der Waals surface area contributed by atoms with Crippen molar-refractivity contribution in [2.75, 3.05) is 27.0 Å². The molecule has 0 spiro atoms. The minimum atomic E-state index is -3.21. The molecule has 7 nitrogen and oxygen atoms in total. The number of esters is 1. The molecule has 0 aliphatic rings. The summed E-state index contributed by atoms with van der Waals surface area (Å²) in [5, 5.41) is 0. The van der Waals surface area contributed by atoms with Crippen molar-refractivity contribution in [3.63, 3.8) is 0 Å². The van der Waals surface area contributed by atoms with Gasteiger partial charge in [0.05, 0.1) is 12.9 Å². The SMILES string of the molecule is COC(=O)/C(C)=N/C(=O)c1cccc(C#CCCCS(=O)(=O)N(C)C)c1. The molecule has 0 N–H and O–H groups in total. The van der Waals surface area contributed by atoms with E-state index >= 15 is 0 Å². The van der Waals surface area contributed by atoms with Crippen LogP contribution in [-0.4, -0.2) is 57.3 Å². The minimum absolute atomic E-state index is 0.0314. The van der Waals surface area contributed by atoms with Crippen molar-refractivity contribution in [3.8, 4) is 11.8 Å². The highest BCUT2D eigenvalue weighted by molar-refractivity contribution is 7.89. The predicted molar refractivity (Wildman–Crippen MR) is 99.5 cm³/mol. The first-order chi connectivity index (χ1) is 12.2. The average Bonchev–Trinajstić information content (AvgIpc) is 2.60. The second kappa shape index (κ2) is 9.85. The maximum absolute atomic E-state index is 12.1. The molecule has 0 atom stereocenters. The van der Waals surface area contributed by atoms with Gasteiger partial charge in [-0.2, -0.15) is 0 Å². The molecule has 0 aromatic heterocycles. The van der Waals surface area contributed by atoms with Crippen LogP contribution in [0.1, 0.15) is 35.7 Å². The van der Waals surface area contributed by atoms with E-state index < -0.39 is 21.9 Å². The van der Waals surface area contributed by atoms with Gasteiger partial charge in [0, 0.05) is 31.6 Å². The zero-order chi connectivity index (χ0) is 19.7. The summed E-state index contributed by atoms with van der Waals surface area (Å²) in [5.74, 6) is 4.60. The molecule has 0 saturated carbocycles. The third kappa shape index (κ3) is 6.78. The lowest BCUT2D eigenvalue weighted by atomic mass is 10.1. The molecular formula is C18H22N2O5S. The molecule has 0 aliphatic carbocycles. The van der Waals surface area contributed by atoms with Crippen LogP contribution in [0.5, 0.6) is 0 Å².